The molecule has 160 valence electrons. The molecule has 4 rings (SSSR count). The van der Waals surface area contributed by atoms with Crippen LogP contribution in [0.15, 0.2) is 40.6 Å². The van der Waals surface area contributed by atoms with E-state index in [1.807, 2.05) is 6.92 Å². The molecule has 0 radical (unpaired) electrons. The van der Waals surface area contributed by atoms with Crippen LogP contribution in [0, 0.1) is 12.8 Å². The second-order valence-electron chi connectivity index (χ2n) is 7.89. The first-order valence-corrected chi connectivity index (χ1v) is 12.4. The SMILES string of the molecule is Cc1ccc(S(=O)(=O)N2CCCC(C(=O)Nc3cccc(C(=O)NC4CC4)c3)C2)s1. The van der Waals surface area contributed by atoms with E-state index >= 15 is 0 Å². The maximum atomic E-state index is 12.9. The minimum absolute atomic E-state index is 0.144. The van der Waals surface area contributed by atoms with Gasteiger partial charge in [-0.05, 0) is 62.9 Å². The molecule has 2 N–H and O–H groups in total. The third-order valence-corrected chi connectivity index (χ3v) is 8.70. The van der Waals surface area contributed by atoms with E-state index in [2.05, 4.69) is 10.6 Å². The number of benzene rings is 1. The molecular weight excluding hydrogens is 422 g/mol. The zero-order valence-electron chi connectivity index (χ0n) is 16.8. The number of hydrogen-bond donors (Lipinski definition) is 2. The molecule has 2 aromatic rings. The molecule has 2 aliphatic rings. The molecule has 1 atom stereocenters. The number of nitrogens with one attached hydrogen (secondary N) is 2. The van der Waals surface area contributed by atoms with Crippen molar-refractivity contribution in [2.24, 2.45) is 5.92 Å². The zero-order chi connectivity index (χ0) is 21.3. The van der Waals surface area contributed by atoms with Crippen LogP contribution in [0.4, 0.5) is 5.69 Å². The van der Waals surface area contributed by atoms with E-state index < -0.39 is 15.9 Å². The van der Waals surface area contributed by atoms with Gasteiger partial charge >= 0.3 is 0 Å². The van der Waals surface area contributed by atoms with E-state index in [4.69, 9.17) is 0 Å². The number of anilines is 1. The van der Waals surface area contributed by atoms with E-state index in [0.29, 0.717) is 34.8 Å². The normalized spacial score (nSPS) is 20.0. The van der Waals surface area contributed by atoms with Crippen LogP contribution in [0.3, 0.4) is 0 Å². The van der Waals surface area contributed by atoms with Crippen molar-refractivity contribution >= 4 is 38.9 Å². The molecule has 1 aromatic carbocycles. The average molecular weight is 448 g/mol. The first kappa shape index (κ1) is 21.0. The first-order valence-electron chi connectivity index (χ1n) is 10.1. The third-order valence-electron chi connectivity index (χ3n) is 5.37. The number of carbonyl (C=O) groups excluding carboxylic acids is 2. The molecule has 1 unspecified atom stereocenters. The van der Waals surface area contributed by atoms with Crippen molar-refractivity contribution in [3.63, 3.8) is 0 Å². The largest absolute Gasteiger partial charge is 0.349 e. The van der Waals surface area contributed by atoms with Gasteiger partial charge in [0, 0.05) is 35.3 Å². The summed E-state index contributed by atoms with van der Waals surface area (Å²) >= 11 is 1.25. The van der Waals surface area contributed by atoms with E-state index in [-0.39, 0.29) is 24.4 Å². The van der Waals surface area contributed by atoms with Gasteiger partial charge < -0.3 is 10.6 Å². The highest BCUT2D eigenvalue weighted by Gasteiger charge is 2.34. The fourth-order valence-corrected chi connectivity index (χ4v) is 6.49. The molecule has 1 aliphatic heterocycles. The van der Waals surface area contributed by atoms with Crippen LogP contribution in [0.1, 0.15) is 40.9 Å². The summed E-state index contributed by atoms with van der Waals surface area (Å²) in [5, 5.41) is 5.78. The van der Waals surface area contributed by atoms with Crippen LogP contribution < -0.4 is 10.6 Å². The highest BCUT2D eigenvalue weighted by Crippen LogP contribution is 2.29. The summed E-state index contributed by atoms with van der Waals surface area (Å²) in [4.78, 5) is 26.0. The van der Waals surface area contributed by atoms with Gasteiger partial charge in [0.2, 0.25) is 5.91 Å². The van der Waals surface area contributed by atoms with Crippen LogP contribution in [0.5, 0.6) is 0 Å². The van der Waals surface area contributed by atoms with E-state index in [0.717, 1.165) is 17.7 Å². The Morgan fingerprint density at radius 1 is 1.13 bits per heavy atom. The smallest absolute Gasteiger partial charge is 0.252 e. The number of carbonyl (C=O) groups is 2. The Bertz CT molecular complexity index is 1060. The van der Waals surface area contributed by atoms with Gasteiger partial charge in [-0.2, -0.15) is 4.31 Å². The fraction of sp³-hybridized carbons (Fsp3) is 0.429. The molecule has 1 aromatic heterocycles. The van der Waals surface area contributed by atoms with Gasteiger partial charge in [0.25, 0.3) is 15.9 Å². The topological polar surface area (TPSA) is 95.6 Å². The second-order valence-corrected chi connectivity index (χ2v) is 11.3. The van der Waals surface area contributed by atoms with E-state index in [1.54, 1.807) is 36.4 Å². The molecule has 0 spiro atoms. The Labute approximate surface area is 180 Å². The minimum atomic E-state index is -3.59. The third kappa shape index (κ3) is 4.74. The van der Waals surface area contributed by atoms with Crippen molar-refractivity contribution in [1.82, 2.24) is 9.62 Å². The number of rotatable bonds is 6. The van der Waals surface area contributed by atoms with Gasteiger partial charge in [-0.15, -0.1) is 11.3 Å². The summed E-state index contributed by atoms with van der Waals surface area (Å²) in [6.07, 6.45) is 3.28. The Balaban J connectivity index is 1.41. The van der Waals surface area contributed by atoms with Crippen LogP contribution >= 0.6 is 11.3 Å². The van der Waals surface area contributed by atoms with Gasteiger partial charge in [0.15, 0.2) is 0 Å². The highest BCUT2D eigenvalue weighted by molar-refractivity contribution is 7.91. The van der Waals surface area contributed by atoms with Gasteiger partial charge in [-0.25, -0.2) is 8.42 Å². The molecule has 30 heavy (non-hydrogen) atoms. The quantitative estimate of drug-likeness (QED) is 0.712. The Kier molecular flexibility index (Phi) is 5.95. The van der Waals surface area contributed by atoms with Crippen LogP contribution in [-0.2, 0) is 14.8 Å². The van der Waals surface area contributed by atoms with E-state index in [9.17, 15) is 18.0 Å². The van der Waals surface area contributed by atoms with Crippen molar-refractivity contribution < 1.29 is 18.0 Å². The van der Waals surface area contributed by atoms with Crippen molar-refractivity contribution in [3.8, 4) is 0 Å². The van der Waals surface area contributed by atoms with Crippen molar-refractivity contribution in [2.75, 3.05) is 18.4 Å². The number of nitrogens with zero attached hydrogens (tertiary/aromatic N) is 1. The number of piperidine rings is 1. The minimum Gasteiger partial charge on any atom is -0.349 e. The number of hydrogen-bond acceptors (Lipinski definition) is 5. The fourth-order valence-electron chi connectivity index (χ4n) is 3.53. The molecule has 9 heteroatoms. The highest BCUT2D eigenvalue weighted by atomic mass is 32.2. The average Bonchev–Trinajstić information content (AvgIpc) is 3.44. The lowest BCUT2D eigenvalue weighted by molar-refractivity contribution is -0.120. The monoisotopic (exact) mass is 447 g/mol. The Hall–Kier alpha value is -2.23. The van der Waals surface area contributed by atoms with Crippen molar-refractivity contribution in [3.05, 3.63) is 46.8 Å². The lowest BCUT2D eigenvalue weighted by Gasteiger charge is -2.30. The summed E-state index contributed by atoms with van der Waals surface area (Å²) < 4.78 is 27.5. The number of thiophene rings is 1. The van der Waals surface area contributed by atoms with Crippen LogP contribution in [0.2, 0.25) is 0 Å². The summed E-state index contributed by atoms with van der Waals surface area (Å²) in [5.41, 5.74) is 1.04. The molecule has 1 aliphatic carbocycles. The molecule has 2 fully saturated rings. The lowest BCUT2D eigenvalue weighted by Crippen LogP contribution is -2.43. The van der Waals surface area contributed by atoms with Crippen LogP contribution in [0.25, 0.3) is 0 Å². The summed E-state index contributed by atoms with van der Waals surface area (Å²) in [7, 11) is -3.59. The number of sulfonamides is 1. The molecular formula is C21H25N3O4S2. The van der Waals surface area contributed by atoms with Gasteiger partial charge in [0.05, 0.1) is 5.92 Å². The van der Waals surface area contributed by atoms with E-state index in [1.165, 1.54) is 15.6 Å². The maximum Gasteiger partial charge on any atom is 0.252 e. The molecule has 2 heterocycles. The summed E-state index contributed by atoms with van der Waals surface area (Å²) in [5.74, 6) is -0.801. The van der Waals surface area contributed by atoms with Gasteiger partial charge in [-0.3, -0.25) is 9.59 Å². The Morgan fingerprint density at radius 3 is 2.63 bits per heavy atom. The van der Waals surface area contributed by atoms with Gasteiger partial charge in [-0.1, -0.05) is 6.07 Å². The lowest BCUT2D eigenvalue weighted by atomic mass is 9.98. The van der Waals surface area contributed by atoms with Crippen LogP contribution in [-0.4, -0.2) is 43.7 Å². The molecule has 2 amide bonds. The first-order chi connectivity index (χ1) is 14.3. The Morgan fingerprint density at radius 2 is 1.93 bits per heavy atom. The molecule has 1 saturated heterocycles. The predicted octanol–water partition coefficient (Wildman–Crippen LogP) is 2.99. The number of aryl methyl sites for hydroxylation is 1. The number of amides is 2. The summed E-state index contributed by atoms with van der Waals surface area (Å²) in [6, 6.07) is 10.5. The maximum absolute atomic E-state index is 12.9. The predicted molar refractivity (Wildman–Crippen MR) is 116 cm³/mol. The standard InChI is InChI=1S/C21H25N3O4S2/c1-14-7-10-19(29-14)30(27,28)24-11-3-5-16(13-24)21(26)23-18-6-2-4-15(12-18)20(25)22-17-8-9-17/h2,4,6-7,10,12,16-17H,3,5,8-9,11,13H2,1H3,(H,22,25)(H,23,26). The van der Waals surface area contributed by atoms with Gasteiger partial charge in [0.1, 0.15) is 4.21 Å². The molecule has 0 bridgehead atoms. The molecule has 1 saturated carbocycles. The van der Waals surface area contributed by atoms with Crippen molar-refractivity contribution in [1.29, 1.82) is 0 Å². The molecule has 7 nitrogen and oxygen atoms in total. The second kappa shape index (κ2) is 8.49. The van der Waals surface area contributed by atoms with Crippen molar-refractivity contribution in [2.45, 2.75) is 42.9 Å². The zero-order valence-corrected chi connectivity index (χ0v) is 18.4. The summed E-state index contributed by atoms with van der Waals surface area (Å²) in [6.45, 7) is 2.45.